The molecule has 6 nitrogen and oxygen atoms in total. The standard InChI is InChI=1S/C18H30N6S/c1-7-15-10-21-16(25-15)8-9-20-18(19-4)23(5)11-14-12-24(6)22-17(14)13(2)3/h10,12-13H,7-9,11H2,1-6H3,(H,19,20). The van der Waals surface area contributed by atoms with E-state index < -0.39 is 0 Å². The number of rotatable bonds is 7. The van der Waals surface area contributed by atoms with Gasteiger partial charge in [0.1, 0.15) is 0 Å². The molecule has 0 fully saturated rings. The maximum absolute atomic E-state index is 4.58. The van der Waals surface area contributed by atoms with Gasteiger partial charge in [-0.3, -0.25) is 9.67 Å². The van der Waals surface area contributed by atoms with E-state index in [0.29, 0.717) is 5.92 Å². The number of nitrogens with one attached hydrogen (secondary N) is 1. The number of guanidine groups is 1. The normalized spacial score (nSPS) is 12.0. The first kappa shape index (κ1) is 19.4. The van der Waals surface area contributed by atoms with Crippen molar-refractivity contribution in [2.24, 2.45) is 12.0 Å². The maximum atomic E-state index is 4.58. The van der Waals surface area contributed by atoms with Gasteiger partial charge in [-0.2, -0.15) is 5.10 Å². The number of aromatic nitrogens is 3. The molecule has 138 valence electrons. The second kappa shape index (κ2) is 8.99. The highest BCUT2D eigenvalue weighted by atomic mass is 32.1. The van der Waals surface area contributed by atoms with Crippen molar-refractivity contribution in [3.05, 3.63) is 33.5 Å². The lowest BCUT2D eigenvalue weighted by Crippen LogP contribution is -2.39. The molecule has 0 aliphatic heterocycles. The molecular weight excluding hydrogens is 332 g/mol. The highest BCUT2D eigenvalue weighted by Crippen LogP contribution is 2.18. The van der Waals surface area contributed by atoms with E-state index in [0.717, 1.165) is 37.6 Å². The van der Waals surface area contributed by atoms with E-state index in [1.165, 1.54) is 15.4 Å². The molecule has 0 atom stereocenters. The first-order valence-electron chi connectivity index (χ1n) is 8.82. The zero-order valence-corrected chi connectivity index (χ0v) is 17.0. The number of aryl methyl sites for hydroxylation is 2. The molecule has 2 aromatic heterocycles. The van der Waals surface area contributed by atoms with Crippen LogP contribution in [0.25, 0.3) is 0 Å². The van der Waals surface area contributed by atoms with Gasteiger partial charge in [-0.15, -0.1) is 11.3 Å². The fraction of sp³-hybridized carbons (Fsp3) is 0.611. The lowest BCUT2D eigenvalue weighted by atomic mass is 10.1. The number of hydrogen-bond donors (Lipinski definition) is 1. The summed E-state index contributed by atoms with van der Waals surface area (Å²) >= 11 is 1.80. The van der Waals surface area contributed by atoms with E-state index in [1.54, 1.807) is 11.3 Å². The summed E-state index contributed by atoms with van der Waals surface area (Å²) in [5.41, 5.74) is 2.40. The van der Waals surface area contributed by atoms with Gasteiger partial charge in [-0.25, -0.2) is 4.98 Å². The summed E-state index contributed by atoms with van der Waals surface area (Å²) in [6.45, 7) is 8.14. The Balaban J connectivity index is 1.91. The van der Waals surface area contributed by atoms with Crippen LogP contribution < -0.4 is 5.32 Å². The molecule has 0 saturated heterocycles. The predicted octanol–water partition coefficient (Wildman–Crippen LogP) is 2.81. The van der Waals surface area contributed by atoms with Crippen molar-refractivity contribution in [1.82, 2.24) is 25.0 Å². The van der Waals surface area contributed by atoms with E-state index >= 15 is 0 Å². The highest BCUT2D eigenvalue weighted by Gasteiger charge is 2.15. The lowest BCUT2D eigenvalue weighted by molar-refractivity contribution is 0.474. The number of hydrogen-bond acceptors (Lipinski definition) is 4. The Hall–Kier alpha value is -1.89. The number of thiazole rings is 1. The first-order chi connectivity index (χ1) is 11.9. The van der Waals surface area contributed by atoms with E-state index in [9.17, 15) is 0 Å². The molecule has 0 aromatic carbocycles. The second-order valence-electron chi connectivity index (χ2n) is 6.52. The molecule has 25 heavy (non-hydrogen) atoms. The maximum Gasteiger partial charge on any atom is 0.193 e. The van der Waals surface area contributed by atoms with Crippen LogP contribution >= 0.6 is 11.3 Å². The summed E-state index contributed by atoms with van der Waals surface area (Å²) in [4.78, 5) is 12.4. The fourth-order valence-electron chi connectivity index (χ4n) is 2.79. The fourth-order valence-corrected chi connectivity index (χ4v) is 3.65. The summed E-state index contributed by atoms with van der Waals surface area (Å²) in [6.07, 6.45) is 6.05. The van der Waals surface area contributed by atoms with Crippen molar-refractivity contribution in [3.63, 3.8) is 0 Å². The Bertz CT molecular complexity index is 700. The quantitative estimate of drug-likeness (QED) is 0.608. The molecule has 0 spiro atoms. The van der Waals surface area contributed by atoms with Gasteiger partial charge in [0.2, 0.25) is 0 Å². The van der Waals surface area contributed by atoms with Crippen molar-refractivity contribution in [1.29, 1.82) is 0 Å². The zero-order valence-electron chi connectivity index (χ0n) is 16.2. The summed E-state index contributed by atoms with van der Waals surface area (Å²) < 4.78 is 1.89. The third kappa shape index (κ3) is 5.29. The van der Waals surface area contributed by atoms with Crippen LogP contribution in [0.15, 0.2) is 17.4 Å². The lowest BCUT2D eigenvalue weighted by Gasteiger charge is -2.22. The molecule has 0 saturated carbocycles. The molecular formula is C18H30N6S. The molecule has 0 aliphatic rings. The Morgan fingerprint density at radius 3 is 2.80 bits per heavy atom. The predicted molar refractivity (Wildman–Crippen MR) is 105 cm³/mol. The summed E-state index contributed by atoms with van der Waals surface area (Å²) in [7, 11) is 5.86. The van der Waals surface area contributed by atoms with Crippen LogP contribution in [-0.4, -0.2) is 46.3 Å². The topological polar surface area (TPSA) is 58.3 Å². The van der Waals surface area contributed by atoms with Crippen LogP contribution in [0, 0.1) is 0 Å². The average Bonchev–Trinajstić information content (AvgIpc) is 3.17. The molecule has 1 N–H and O–H groups in total. The molecule has 2 aromatic rings. The van der Waals surface area contributed by atoms with Crippen LogP contribution in [0.1, 0.15) is 47.8 Å². The number of aliphatic imine (C=N–C) groups is 1. The van der Waals surface area contributed by atoms with E-state index in [4.69, 9.17) is 0 Å². The van der Waals surface area contributed by atoms with Gasteiger partial charge in [-0.1, -0.05) is 20.8 Å². The van der Waals surface area contributed by atoms with Crippen LogP contribution in [-0.2, 0) is 26.4 Å². The summed E-state index contributed by atoms with van der Waals surface area (Å²) in [5.74, 6) is 1.31. The van der Waals surface area contributed by atoms with Gasteiger partial charge in [0.25, 0.3) is 0 Å². The van der Waals surface area contributed by atoms with Crippen LogP contribution in [0.5, 0.6) is 0 Å². The van der Waals surface area contributed by atoms with E-state index in [2.05, 4.69) is 59.3 Å². The van der Waals surface area contributed by atoms with Crippen molar-refractivity contribution in [3.8, 4) is 0 Å². The molecule has 0 unspecified atom stereocenters. The van der Waals surface area contributed by atoms with E-state index in [-0.39, 0.29) is 0 Å². The minimum Gasteiger partial charge on any atom is -0.356 e. The SMILES string of the molecule is CCc1cnc(CCNC(=NC)N(C)Cc2cn(C)nc2C(C)C)s1. The first-order valence-corrected chi connectivity index (χ1v) is 9.64. The third-order valence-electron chi connectivity index (χ3n) is 4.04. The van der Waals surface area contributed by atoms with Crippen molar-refractivity contribution >= 4 is 17.3 Å². The van der Waals surface area contributed by atoms with Gasteiger partial charge in [0, 0.05) is 63.5 Å². The minimum atomic E-state index is 0.414. The van der Waals surface area contributed by atoms with Gasteiger partial charge < -0.3 is 10.2 Å². The molecule has 0 bridgehead atoms. The van der Waals surface area contributed by atoms with Gasteiger partial charge >= 0.3 is 0 Å². The largest absolute Gasteiger partial charge is 0.356 e. The molecule has 0 radical (unpaired) electrons. The molecule has 2 rings (SSSR count). The Morgan fingerprint density at radius 2 is 2.20 bits per heavy atom. The number of nitrogens with zero attached hydrogens (tertiary/aromatic N) is 5. The van der Waals surface area contributed by atoms with E-state index in [1.807, 2.05) is 25.0 Å². The second-order valence-corrected chi connectivity index (χ2v) is 7.72. The Labute approximate surface area is 155 Å². The Morgan fingerprint density at radius 1 is 1.44 bits per heavy atom. The summed E-state index contributed by atoms with van der Waals surface area (Å²) in [6, 6.07) is 0. The Kier molecular flexibility index (Phi) is 6.99. The van der Waals surface area contributed by atoms with Gasteiger partial charge in [0.05, 0.1) is 10.7 Å². The van der Waals surface area contributed by atoms with Crippen LogP contribution in [0.4, 0.5) is 0 Å². The minimum absolute atomic E-state index is 0.414. The van der Waals surface area contributed by atoms with Crippen molar-refractivity contribution < 1.29 is 0 Å². The average molecular weight is 363 g/mol. The smallest absolute Gasteiger partial charge is 0.193 e. The molecule has 0 amide bonds. The van der Waals surface area contributed by atoms with Crippen LogP contribution in [0.2, 0.25) is 0 Å². The monoisotopic (exact) mass is 362 g/mol. The zero-order chi connectivity index (χ0) is 18.4. The molecule has 2 heterocycles. The van der Waals surface area contributed by atoms with Crippen molar-refractivity contribution in [2.75, 3.05) is 20.6 Å². The van der Waals surface area contributed by atoms with Gasteiger partial charge in [0.15, 0.2) is 5.96 Å². The molecule has 0 aliphatic carbocycles. The van der Waals surface area contributed by atoms with Crippen molar-refractivity contribution in [2.45, 2.75) is 46.1 Å². The van der Waals surface area contributed by atoms with Crippen LogP contribution in [0.3, 0.4) is 0 Å². The highest BCUT2D eigenvalue weighted by molar-refractivity contribution is 7.11. The summed E-state index contributed by atoms with van der Waals surface area (Å²) in [5, 5.41) is 9.20. The third-order valence-corrected chi connectivity index (χ3v) is 5.24. The molecule has 7 heteroatoms. The van der Waals surface area contributed by atoms with Gasteiger partial charge in [-0.05, 0) is 12.3 Å².